The van der Waals surface area contributed by atoms with Crippen molar-refractivity contribution < 1.29 is 18.7 Å². The molecule has 0 spiro atoms. The fourth-order valence-electron chi connectivity index (χ4n) is 0.684. The number of benzene rings is 1. The number of hydrogen-bond donors (Lipinski definition) is 0. The van der Waals surface area contributed by atoms with E-state index in [1.807, 2.05) is 0 Å². The van der Waals surface area contributed by atoms with Crippen molar-refractivity contribution in [1.29, 1.82) is 0 Å². The van der Waals surface area contributed by atoms with Crippen LogP contribution in [0.3, 0.4) is 0 Å². The van der Waals surface area contributed by atoms with E-state index in [2.05, 4.69) is 0 Å². The Hall–Kier alpha value is -1.16. The molecule has 0 aliphatic heterocycles. The molecular weight excluding hydrogens is 190 g/mol. The molecule has 0 aliphatic carbocycles. The van der Waals surface area contributed by atoms with Crippen molar-refractivity contribution in [2.45, 2.75) is 0 Å². The highest BCUT2D eigenvalue weighted by atomic mass is 35.5. The van der Waals surface area contributed by atoms with Gasteiger partial charge in [-0.05, 0) is 12.1 Å². The zero-order valence-electron chi connectivity index (χ0n) is 5.61. The predicted molar refractivity (Wildman–Crippen MR) is 35.7 cm³/mol. The van der Waals surface area contributed by atoms with Gasteiger partial charge in [0, 0.05) is 5.56 Å². The van der Waals surface area contributed by atoms with Crippen LogP contribution in [-0.2, 0) is 0 Å². The molecule has 12 heavy (non-hydrogen) atoms. The minimum Gasteiger partial charge on any atom is -0.545 e. The molecule has 0 atom stereocenters. The van der Waals surface area contributed by atoms with Crippen LogP contribution in [0, 0.1) is 11.6 Å². The predicted octanol–water partition coefficient (Wildman–Crippen LogP) is 0.982. The first-order chi connectivity index (χ1) is 5.54. The van der Waals surface area contributed by atoms with Gasteiger partial charge in [-0.3, -0.25) is 0 Å². The summed E-state index contributed by atoms with van der Waals surface area (Å²) in [7, 11) is 0. The molecule has 1 rings (SSSR count). The lowest BCUT2D eigenvalue weighted by molar-refractivity contribution is -0.255. The molecule has 0 fully saturated rings. The third kappa shape index (κ3) is 1.38. The van der Waals surface area contributed by atoms with Crippen molar-refractivity contribution in [3.63, 3.8) is 0 Å². The second kappa shape index (κ2) is 3.06. The van der Waals surface area contributed by atoms with E-state index >= 15 is 0 Å². The first-order valence-electron chi connectivity index (χ1n) is 2.89. The Morgan fingerprint density at radius 1 is 1.42 bits per heavy atom. The van der Waals surface area contributed by atoms with Crippen molar-refractivity contribution in [1.82, 2.24) is 0 Å². The van der Waals surface area contributed by atoms with E-state index in [4.69, 9.17) is 11.6 Å². The summed E-state index contributed by atoms with van der Waals surface area (Å²) < 4.78 is 24.9. The molecule has 0 aromatic heterocycles. The van der Waals surface area contributed by atoms with Gasteiger partial charge < -0.3 is 9.90 Å². The highest BCUT2D eigenvalue weighted by Crippen LogP contribution is 2.21. The Balaban J connectivity index is 3.36. The van der Waals surface area contributed by atoms with Crippen LogP contribution < -0.4 is 5.11 Å². The lowest BCUT2D eigenvalue weighted by atomic mass is 10.2. The zero-order chi connectivity index (χ0) is 9.30. The number of carboxylic acids is 1. The largest absolute Gasteiger partial charge is 0.545 e. The minimum absolute atomic E-state index is 0.560. The van der Waals surface area contributed by atoms with Gasteiger partial charge in [0.1, 0.15) is 0 Å². The lowest BCUT2D eigenvalue weighted by Crippen LogP contribution is -2.23. The number of aromatic carboxylic acids is 1. The van der Waals surface area contributed by atoms with Crippen LogP contribution in [0.5, 0.6) is 0 Å². The smallest absolute Gasteiger partial charge is 0.178 e. The summed E-state index contributed by atoms with van der Waals surface area (Å²) in [5.74, 6) is -4.21. The second-order valence-electron chi connectivity index (χ2n) is 2.01. The van der Waals surface area contributed by atoms with Gasteiger partial charge >= 0.3 is 0 Å². The molecule has 1 aromatic rings. The van der Waals surface area contributed by atoms with Gasteiger partial charge in [0.15, 0.2) is 11.6 Å². The number of carbonyl (C=O) groups is 1. The number of rotatable bonds is 1. The highest BCUT2D eigenvalue weighted by molar-refractivity contribution is 6.33. The first kappa shape index (κ1) is 8.93. The van der Waals surface area contributed by atoms with E-state index in [-0.39, 0.29) is 0 Å². The van der Waals surface area contributed by atoms with Crippen molar-refractivity contribution in [2.75, 3.05) is 0 Å². The Morgan fingerprint density at radius 3 is 2.50 bits per heavy atom. The third-order valence-electron chi connectivity index (χ3n) is 1.26. The summed E-state index contributed by atoms with van der Waals surface area (Å²) in [6.45, 7) is 0. The van der Waals surface area contributed by atoms with E-state index in [1.165, 1.54) is 0 Å². The topological polar surface area (TPSA) is 40.1 Å². The molecule has 5 heteroatoms. The Kier molecular flexibility index (Phi) is 2.28. The Morgan fingerprint density at radius 2 is 2.00 bits per heavy atom. The van der Waals surface area contributed by atoms with Crippen molar-refractivity contribution in [3.05, 3.63) is 34.4 Å². The molecule has 0 bridgehead atoms. The van der Waals surface area contributed by atoms with E-state index < -0.39 is 28.2 Å². The van der Waals surface area contributed by atoms with E-state index in [0.29, 0.717) is 6.07 Å². The van der Waals surface area contributed by atoms with Crippen LogP contribution in [0.25, 0.3) is 0 Å². The molecule has 0 aliphatic rings. The number of halogens is 3. The third-order valence-corrected chi connectivity index (χ3v) is 1.62. The van der Waals surface area contributed by atoms with Gasteiger partial charge in [-0.2, -0.15) is 0 Å². The fourth-order valence-corrected chi connectivity index (χ4v) is 0.914. The molecule has 0 unspecified atom stereocenters. The van der Waals surface area contributed by atoms with Crippen LogP contribution in [0.4, 0.5) is 8.78 Å². The van der Waals surface area contributed by atoms with Crippen LogP contribution >= 0.6 is 11.6 Å². The number of carboxylic acid groups (broad SMARTS) is 1. The SMILES string of the molecule is O=C([O-])c1ccc(F)c(F)c1Cl. The molecule has 1 aromatic carbocycles. The normalized spacial score (nSPS) is 9.92. The maximum Gasteiger partial charge on any atom is 0.178 e. The minimum atomic E-state index is -1.64. The van der Waals surface area contributed by atoms with Crippen LogP contribution in [0.2, 0.25) is 5.02 Å². The second-order valence-corrected chi connectivity index (χ2v) is 2.39. The Labute approximate surface area is 71.4 Å². The average molecular weight is 192 g/mol. The fraction of sp³-hybridized carbons (Fsp3) is 0. The maximum absolute atomic E-state index is 12.6. The van der Waals surface area contributed by atoms with Crippen LogP contribution in [0.15, 0.2) is 12.1 Å². The molecule has 0 saturated carbocycles. The van der Waals surface area contributed by atoms with E-state index in [1.54, 1.807) is 0 Å². The van der Waals surface area contributed by atoms with Gasteiger partial charge in [0.05, 0.1) is 11.0 Å². The summed E-state index contributed by atoms with van der Waals surface area (Å²) in [4.78, 5) is 10.2. The molecule has 64 valence electrons. The zero-order valence-corrected chi connectivity index (χ0v) is 6.36. The van der Waals surface area contributed by atoms with Crippen molar-refractivity contribution in [2.24, 2.45) is 0 Å². The molecule has 0 heterocycles. The van der Waals surface area contributed by atoms with Crippen molar-refractivity contribution >= 4 is 17.6 Å². The number of carbonyl (C=O) groups excluding carboxylic acids is 1. The van der Waals surface area contributed by atoms with Gasteiger partial charge in [-0.25, -0.2) is 8.78 Å². The van der Waals surface area contributed by atoms with E-state index in [0.717, 1.165) is 6.07 Å². The first-order valence-corrected chi connectivity index (χ1v) is 3.26. The monoisotopic (exact) mass is 191 g/mol. The van der Waals surface area contributed by atoms with Gasteiger partial charge in [0.2, 0.25) is 0 Å². The molecule has 0 saturated heterocycles. The Bertz CT molecular complexity index is 338. The van der Waals surface area contributed by atoms with Crippen LogP contribution in [0.1, 0.15) is 10.4 Å². The summed E-state index contributed by atoms with van der Waals surface area (Å²) in [5.41, 5.74) is -0.560. The number of hydrogen-bond acceptors (Lipinski definition) is 2. The van der Waals surface area contributed by atoms with E-state index in [9.17, 15) is 18.7 Å². The van der Waals surface area contributed by atoms with Crippen LogP contribution in [-0.4, -0.2) is 5.97 Å². The maximum atomic E-state index is 12.6. The van der Waals surface area contributed by atoms with Gasteiger partial charge in [-0.1, -0.05) is 11.6 Å². The average Bonchev–Trinajstić information content (AvgIpc) is 2.00. The summed E-state index contributed by atoms with van der Waals surface area (Å²) in [6, 6.07) is 1.52. The molecule has 0 N–H and O–H groups in total. The summed E-state index contributed by atoms with van der Waals surface area (Å²) >= 11 is 5.16. The molecule has 0 amide bonds. The molecule has 2 nitrogen and oxygen atoms in total. The summed E-state index contributed by atoms with van der Waals surface area (Å²) in [5, 5.41) is 9.43. The summed E-state index contributed by atoms with van der Waals surface area (Å²) in [6.07, 6.45) is 0. The van der Waals surface area contributed by atoms with Gasteiger partial charge in [0.25, 0.3) is 0 Å². The molecular formula is C7H2ClF2O2-. The molecule has 0 radical (unpaired) electrons. The van der Waals surface area contributed by atoms with Gasteiger partial charge in [-0.15, -0.1) is 0 Å². The quantitative estimate of drug-likeness (QED) is 0.621. The van der Waals surface area contributed by atoms with Crippen molar-refractivity contribution in [3.8, 4) is 0 Å². The highest BCUT2D eigenvalue weighted by Gasteiger charge is 2.11. The standard InChI is InChI=1S/C7H3ClF2O2/c8-5-3(7(11)12)1-2-4(9)6(5)10/h1-2H,(H,11,12)/p-1. The lowest BCUT2D eigenvalue weighted by Gasteiger charge is -2.05.